The molecule has 2 aromatic carbocycles. The molecule has 1 N–H and O–H groups in total. The smallest absolute Gasteiger partial charge is 0.227 e. The minimum absolute atomic E-state index is 0.0423. The fourth-order valence-corrected chi connectivity index (χ4v) is 3.47. The third kappa shape index (κ3) is 5.11. The van der Waals surface area contributed by atoms with Crippen LogP contribution in [0.2, 0.25) is 15.1 Å². The summed E-state index contributed by atoms with van der Waals surface area (Å²) in [7, 11) is 0. The average molecular weight is 398 g/mol. The van der Waals surface area contributed by atoms with Crippen molar-refractivity contribution in [3.05, 3.63) is 63.1 Å². The number of benzene rings is 2. The summed E-state index contributed by atoms with van der Waals surface area (Å²) in [4.78, 5) is 14.7. The highest BCUT2D eigenvalue weighted by Gasteiger charge is 2.25. The lowest BCUT2D eigenvalue weighted by Crippen LogP contribution is -2.37. The molecule has 2 aromatic rings. The first-order valence-electron chi connectivity index (χ1n) is 8.24. The van der Waals surface area contributed by atoms with Gasteiger partial charge in [-0.05, 0) is 67.9 Å². The maximum absolute atomic E-state index is 12.4. The fourth-order valence-electron chi connectivity index (χ4n) is 3.03. The number of nitrogens with zero attached hydrogens (tertiary/aromatic N) is 1. The van der Waals surface area contributed by atoms with E-state index in [1.807, 2.05) is 30.3 Å². The normalized spacial score (nSPS) is 16.0. The molecule has 1 aliphatic rings. The zero-order valence-electron chi connectivity index (χ0n) is 13.6. The first-order valence-corrected chi connectivity index (χ1v) is 9.37. The van der Waals surface area contributed by atoms with Crippen molar-refractivity contribution in [2.75, 3.05) is 18.4 Å². The molecule has 0 spiro atoms. The quantitative estimate of drug-likeness (QED) is 0.739. The van der Waals surface area contributed by atoms with Crippen molar-refractivity contribution in [2.45, 2.75) is 19.4 Å². The van der Waals surface area contributed by atoms with Gasteiger partial charge in [0.25, 0.3) is 0 Å². The highest BCUT2D eigenvalue weighted by atomic mass is 35.5. The SMILES string of the molecule is O=C(Nc1ccc(Cl)cc1)C1CCN(Cc2ccc(Cl)c(Cl)c2)CC1. The number of likely N-dealkylation sites (tertiary alicyclic amines) is 1. The molecule has 6 heteroatoms. The van der Waals surface area contributed by atoms with Crippen LogP contribution in [0.25, 0.3) is 0 Å². The van der Waals surface area contributed by atoms with E-state index in [2.05, 4.69) is 10.2 Å². The molecule has 0 aliphatic carbocycles. The van der Waals surface area contributed by atoms with Gasteiger partial charge in [-0.3, -0.25) is 9.69 Å². The lowest BCUT2D eigenvalue weighted by Gasteiger charge is -2.31. The van der Waals surface area contributed by atoms with Gasteiger partial charge in [0.2, 0.25) is 5.91 Å². The molecule has 1 aliphatic heterocycles. The van der Waals surface area contributed by atoms with E-state index in [0.29, 0.717) is 15.1 Å². The van der Waals surface area contributed by atoms with Crippen LogP contribution in [0.15, 0.2) is 42.5 Å². The second kappa shape index (κ2) is 8.41. The molecule has 3 nitrogen and oxygen atoms in total. The topological polar surface area (TPSA) is 32.3 Å². The number of amides is 1. The van der Waals surface area contributed by atoms with Crippen LogP contribution in [0, 0.1) is 5.92 Å². The number of anilines is 1. The lowest BCUT2D eigenvalue weighted by molar-refractivity contribution is -0.121. The van der Waals surface area contributed by atoms with Crippen molar-refractivity contribution >= 4 is 46.4 Å². The second-order valence-corrected chi connectivity index (χ2v) is 7.55. The molecule has 132 valence electrons. The van der Waals surface area contributed by atoms with Crippen molar-refractivity contribution in [3.63, 3.8) is 0 Å². The second-order valence-electron chi connectivity index (χ2n) is 6.30. The number of nitrogens with one attached hydrogen (secondary N) is 1. The van der Waals surface area contributed by atoms with Crippen molar-refractivity contribution < 1.29 is 4.79 Å². The van der Waals surface area contributed by atoms with Gasteiger partial charge in [-0.1, -0.05) is 40.9 Å². The Bertz CT molecular complexity index is 741. The molecule has 0 atom stereocenters. The minimum Gasteiger partial charge on any atom is -0.326 e. The van der Waals surface area contributed by atoms with Crippen LogP contribution in [-0.2, 0) is 11.3 Å². The molecule has 1 amide bonds. The van der Waals surface area contributed by atoms with Gasteiger partial charge in [0.15, 0.2) is 0 Å². The van der Waals surface area contributed by atoms with Crippen LogP contribution in [0.1, 0.15) is 18.4 Å². The van der Waals surface area contributed by atoms with E-state index in [1.54, 1.807) is 12.1 Å². The Morgan fingerprint density at radius 1 is 1.00 bits per heavy atom. The predicted molar refractivity (Wildman–Crippen MR) is 105 cm³/mol. The molecule has 0 radical (unpaired) electrons. The summed E-state index contributed by atoms with van der Waals surface area (Å²) in [5.41, 5.74) is 1.92. The van der Waals surface area contributed by atoms with Crippen molar-refractivity contribution in [3.8, 4) is 0 Å². The van der Waals surface area contributed by atoms with Crippen molar-refractivity contribution in [1.82, 2.24) is 4.90 Å². The standard InChI is InChI=1S/C19H19Cl3N2O/c20-15-2-4-16(5-3-15)23-19(25)14-7-9-24(10-8-14)12-13-1-6-17(21)18(22)11-13/h1-6,11,14H,7-10,12H2,(H,23,25). The summed E-state index contributed by atoms with van der Waals surface area (Å²) in [5.74, 6) is 0.122. The molecule has 25 heavy (non-hydrogen) atoms. The summed E-state index contributed by atoms with van der Waals surface area (Å²) in [6, 6.07) is 12.9. The van der Waals surface area contributed by atoms with E-state index < -0.39 is 0 Å². The molecule has 0 bridgehead atoms. The average Bonchev–Trinajstić information content (AvgIpc) is 2.61. The maximum Gasteiger partial charge on any atom is 0.227 e. The van der Waals surface area contributed by atoms with E-state index >= 15 is 0 Å². The Balaban J connectivity index is 1.50. The maximum atomic E-state index is 12.4. The van der Waals surface area contributed by atoms with Crippen LogP contribution < -0.4 is 5.32 Å². The molecular formula is C19H19Cl3N2O. The van der Waals surface area contributed by atoms with E-state index in [-0.39, 0.29) is 11.8 Å². The Morgan fingerprint density at radius 3 is 2.32 bits per heavy atom. The van der Waals surface area contributed by atoms with Crippen LogP contribution in [0.3, 0.4) is 0 Å². The Hall–Kier alpha value is -1.26. The van der Waals surface area contributed by atoms with Gasteiger partial charge in [-0.15, -0.1) is 0 Å². The highest BCUT2D eigenvalue weighted by Crippen LogP contribution is 2.25. The molecule has 3 rings (SSSR count). The number of carbonyl (C=O) groups is 1. The predicted octanol–water partition coefficient (Wildman–Crippen LogP) is 5.50. The van der Waals surface area contributed by atoms with E-state index in [4.69, 9.17) is 34.8 Å². The van der Waals surface area contributed by atoms with Crippen molar-refractivity contribution in [1.29, 1.82) is 0 Å². The van der Waals surface area contributed by atoms with Crippen LogP contribution in [-0.4, -0.2) is 23.9 Å². The highest BCUT2D eigenvalue weighted by molar-refractivity contribution is 6.42. The molecule has 1 fully saturated rings. The Labute approximate surface area is 162 Å². The largest absolute Gasteiger partial charge is 0.326 e. The number of rotatable bonds is 4. The van der Waals surface area contributed by atoms with Crippen molar-refractivity contribution in [2.24, 2.45) is 5.92 Å². The number of hydrogen-bond acceptors (Lipinski definition) is 2. The van der Waals surface area contributed by atoms with Gasteiger partial charge in [-0.25, -0.2) is 0 Å². The molecule has 1 saturated heterocycles. The number of hydrogen-bond donors (Lipinski definition) is 1. The first-order chi connectivity index (χ1) is 12.0. The lowest BCUT2D eigenvalue weighted by atomic mass is 9.95. The van der Waals surface area contributed by atoms with E-state index in [9.17, 15) is 4.79 Å². The summed E-state index contributed by atoms with van der Waals surface area (Å²) < 4.78 is 0. The van der Waals surface area contributed by atoms with Crippen LogP contribution in [0.5, 0.6) is 0 Å². The summed E-state index contributed by atoms with van der Waals surface area (Å²) in [5, 5.41) is 4.78. The van der Waals surface area contributed by atoms with Crippen LogP contribution >= 0.6 is 34.8 Å². The molecular weight excluding hydrogens is 379 g/mol. The minimum atomic E-state index is 0.0423. The van der Waals surface area contributed by atoms with Gasteiger partial charge in [0, 0.05) is 23.2 Å². The van der Waals surface area contributed by atoms with Gasteiger partial charge >= 0.3 is 0 Å². The Morgan fingerprint density at radius 2 is 1.68 bits per heavy atom. The van der Waals surface area contributed by atoms with Crippen LogP contribution in [0.4, 0.5) is 5.69 Å². The summed E-state index contributed by atoms with van der Waals surface area (Å²) in [6.07, 6.45) is 1.70. The summed E-state index contributed by atoms with van der Waals surface area (Å²) in [6.45, 7) is 2.60. The third-order valence-electron chi connectivity index (χ3n) is 4.46. The number of piperidine rings is 1. The number of carbonyl (C=O) groups excluding carboxylic acids is 1. The molecule has 0 aromatic heterocycles. The zero-order valence-corrected chi connectivity index (χ0v) is 15.9. The van der Waals surface area contributed by atoms with Gasteiger partial charge in [0.1, 0.15) is 0 Å². The number of halogens is 3. The Kier molecular flexibility index (Phi) is 6.24. The van der Waals surface area contributed by atoms with Gasteiger partial charge in [0.05, 0.1) is 10.0 Å². The first kappa shape index (κ1) is 18.5. The zero-order chi connectivity index (χ0) is 17.8. The van der Waals surface area contributed by atoms with E-state index in [0.717, 1.165) is 43.7 Å². The van der Waals surface area contributed by atoms with E-state index in [1.165, 1.54) is 0 Å². The molecule has 0 unspecified atom stereocenters. The fraction of sp³-hybridized carbons (Fsp3) is 0.316. The third-order valence-corrected chi connectivity index (χ3v) is 5.45. The molecule has 0 saturated carbocycles. The summed E-state index contributed by atoms with van der Waals surface area (Å²) >= 11 is 17.9. The molecule has 1 heterocycles. The monoisotopic (exact) mass is 396 g/mol. The van der Waals surface area contributed by atoms with Gasteiger partial charge < -0.3 is 5.32 Å². The van der Waals surface area contributed by atoms with Gasteiger partial charge in [-0.2, -0.15) is 0 Å².